The van der Waals surface area contributed by atoms with Crippen LogP contribution < -0.4 is 10.1 Å². The summed E-state index contributed by atoms with van der Waals surface area (Å²) in [6.45, 7) is 2.45. The number of nitrogens with one attached hydrogen (secondary N) is 1. The molecule has 24 heavy (non-hydrogen) atoms. The van der Waals surface area contributed by atoms with Crippen LogP contribution in [0.4, 0.5) is 0 Å². The maximum absolute atomic E-state index is 9.99. The van der Waals surface area contributed by atoms with Crippen molar-refractivity contribution in [3.05, 3.63) is 54.6 Å². The highest BCUT2D eigenvalue weighted by Crippen LogP contribution is 2.22. The number of hydrogen-bond donors (Lipinski definition) is 2. The summed E-state index contributed by atoms with van der Waals surface area (Å²) in [6, 6.07) is 18.2. The minimum atomic E-state index is -0.528. The average Bonchev–Trinajstić information content (AvgIpc) is 3.15. The summed E-state index contributed by atoms with van der Waals surface area (Å²) in [6.07, 6.45) is 2.01. The number of ether oxygens (including phenoxy) is 2. The number of hydrogen-bond acceptors (Lipinski definition) is 4. The van der Waals surface area contributed by atoms with E-state index in [1.54, 1.807) is 0 Å². The van der Waals surface area contributed by atoms with Gasteiger partial charge in [0.05, 0.1) is 6.10 Å². The van der Waals surface area contributed by atoms with Crippen LogP contribution in [0.5, 0.6) is 5.75 Å². The van der Waals surface area contributed by atoms with E-state index >= 15 is 0 Å². The van der Waals surface area contributed by atoms with Crippen molar-refractivity contribution < 1.29 is 14.6 Å². The minimum absolute atomic E-state index is 0.281. The van der Waals surface area contributed by atoms with Gasteiger partial charge in [-0.2, -0.15) is 0 Å². The van der Waals surface area contributed by atoms with Crippen molar-refractivity contribution in [1.29, 1.82) is 0 Å². The third-order valence-corrected chi connectivity index (χ3v) is 4.18. The summed E-state index contributed by atoms with van der Waals surface area (Å²) in [5.74, 6) is 0.771. The molecule has 2 unspecified atom stereocenters. The summed E-state index contributed by atoms with van der Waals surface area (Å²) >= 11 is 0. The predicted octanol–water partition coefficient (Wildman–Crippen LogP) is 2.86. The van der Waals surface area contributed by atoms with Gasteiger partial charge in [0.1, 0.15) is 18.5 Å². The van der Waals surface area contributed by atoms with Crippen LogP contribution in [0.25, 0.3) is 11.1 Å². The highest BCUT2D eigenvalue weighted by molar-refractivity contribution is 5.63. The molecule has 2 aromatic rings. The van der Waals surface area contributed by atoms with Crippen molar-refractivity contribution in [1.82, 2.24) is 5.32 Å². The molecular weight excluding hydrogens is 302 g/mol. The normalized spacial score (nSPS) is 18.5. The Morgan fingerprint density at radius 2 is 1.83 bits per heavy atom. The zero-order valence-electron chi connectivity index (χ0n) is 13.9. The molecule has 128 valence electrons. The van der Waals surface area contributed by atoms with Gasteiger partial charge in [0.15, 0.2) is 0 Å². The molecule has 0 radical (unpaired) electrons. The van der Waals surface area contributed by atoms with Crippen LogP contribution in [0.3, 0.4) is 0 Å². The number of aliphatic hydroxyl groups excluding tert-OH is 1. The van der Waals surface area contributed by atoms with Gasteiger partial charge < -0.3 is 19.9 Å². The Kier molecular flexibility index (Phi) is 6.24. The third-order valence-electron chi connectivity index (χ3n) is 4.18. The molecule has 1 saturated heterocycles. The second-order valence-corrected chi connectivity index (χ2v) is 6.15. The van der Waals surface area contributed by atoms with Crippen LogP contribution in [0.15, 0.2) is 54.6 Å². The van der Waals surface area contributed by atoms with Gasteiger partial charge in [-0.3, -0.25) is 0 Å². The van der Waals surface area contributed by atoms with Crippen molar-refractivity contribution in [3.8, 4) is 16.9 Å². The van der Waals surface area contributed by atoms with Crippen molar-refractivity contribution >= 4 is 0 Å². The highest BCUT2D eigenvalue weighted by atomic mass is 16.5. The zero-order valence-corrected chi connectivity index (χ0v) is 13.9. The van der Waals surface area contributed by atoms with Gasteiger partial charge in [-0.1, -0.05) is 42.5 Å². The molecule has 0 bridgehead atoms. The first-order valence-electron chi connectivity index (χ1n) is 8.60. The number of rotatable bonds is 8. The Hall–Kier alpha value is -1.88. The topological polar surface area (TPSA) is 50.7 Å². The summed E-state index contributed by atoms with van der Waals surface area (Å²) in [4.78, 5) is 0. The van der Waals surface area contributed by atoms with Gasteiger partial charge in [0, 0.05) is 19.7 Å². The Morgan fingerprint density at radius 1 is 1.08 bits per heavy atom. The lowest BCUT2D eigenvalue weighted by Crippen LogP contribution is -2.35. The fraction of sp³-hybridized carbons (Fsp3) is 0.400. The van der Waals surface area contributed by atoms with Crippen LogP contribution in [-0.2, 0) is 4.74 Å². The monoisotopic (exact) mass is 327 g/mol. The zero-order chi connectivity index (χ0) is 16.6. The molecule has 0 spiro atoms. The molecule has 2 aromatic carbocycles. The molecule has 2 N–H and O–H groups in total. The third kappa shape index (κ3) is 5.06. The van der Waals surface area contributed by atoms with Crippen molar-refractivity contribution in [3.63, 3.8) is 0 Å². The van der Waals surface area contributed by atoms with E-state index in [4.69, 9.17) is 9.47 Å². The molecular formula is C20H25NO3. The van der Waals surface area contributed by atoms with Crippen molar-refractivity contribution in [2.24, 2.45) is 0 Å². The average molecular weight is 327 g/mol. The molecule has 1 aliphatic rings. The van der Waals surface area contributed by atoms with E-state index in [0.29, 0.717) is 12.6 Å². The van der Waals surface area contributed by atoms with E-state index in [-0.39, 0.29) is 6.61 Å². The van der Waals surface area contributed by atoms with Gasteiger partial charge in [-0.25, -0.2) is 0 Å². The van der Waals surface area contributed by atoms with Gasteiger partial charge in [-0.05, 0) is 36.1 Å². The molecule has 0 amide bonds. The lowest BCUT2D eigenvalue weighted by molar-refractivity contribution is 0.0882. The number of aliphatic hydroxyl groups is 1. The molecule has 0 aliphatic carbocycles. The largest absolute Gasteiger partial charge is 0.491 e. The van der Waals surface area contributed by atoms with E-state index < -0.39 is 6.10 Å². The summed E-state index contributed by atoms with van der Waals surface area (Å²) in [5.41, 5.74) is 2.34. The van der Waals surface area contributed by atoms with Crippen molar-refractivity contribution in [2.75, 3.05) is 26.3 Å². The van der Waals surface area contributed by atoms with E-state index in [1.165, 1.54) is 5.56 Å². The molecule has 4 nitrogen and oxygen atoms in total. The number of benzene rings is 2. The van der Waals surface area contributed by atoms with Gasteiger partial charge >= 0.3 is 0 Å². The summed E-state index contributed by atoms with van der Waals surface area (Å²) in [7, 11) is 0. The smallest absolute Gasteiger partial charge is 0.119 e. The maximum atomic E-state index is 9.99. The first-order chi connectivity index (χ1) is 11.8. The molecule has 4 heteroatoms. The van der Waals surface area contributed by atoms with E-state index in [2.05, 4.69) is 17.4 Å². The van der Waals surface area contributed by atoms with Crippen molar-refractivity contribution in [2.45, 2.75) is 25.0 Å². The van der Waals surface area contributed by atoms with Crippen LogP contribution >= 0.6 is 0 Å². The fourth-order valence-electron chi connectivity index (χ4n) is 2.84. The standard InChI is InChI=1S/C20H25NO3/c22-18(13-21-14-20-7-4-12-23-20)15-24-19-10-8-17(9-11-19)16-5-2-1-3-6-16/h1-3,5-6,8-11,18,20-22H,4,7,12-15H2. The SMILES string of the molecule is OC(CNCC1CCCO1)COc1ccc(-c2ccccc2)cc1. The van der Waals surface area contributed by atoms with Gasteiger partial charge in [-0.15, -0.1) is 0 Å². The Balaban J connectivity index is 1.39. The van der Waals surface area contributed by atoms with Crippen LogP contribution in [-0.4, -0.2) is 43.6 Å². The molecule has 2 atom stereocenters. The predicted molar refractivity (Wildman–Crippen MR) is 95.2 cm³/mol. The lowest BCUT2D eigenvalue weighted by Gasteiger charge is -2.15. The first-order valence-corrected chi connectivity index (χ1v) is 8.60. The molecule has 1 aliphatic heterocycles. The van der Waals surface area contributed by atoms with E-state index in [1.807, 2.05) is 42.5 Å². The fourth-order valence-corrected chi connectivity index (χ4v) is 2.84. The van der Waals surface area contributed by atoms with Gasteiger partial charge in [0.2, 0.25) is 0 Å². The lowest BCUT2D eigenvalue weighted by atomic mass is 10.1. The van der Waals surface area contributed by atoms with Gasteiger partial charge in [0.25, 0.3) is 0 Å². The minimum Gasteiger partial charge on any atom is -0.491 e. The molecule has 1 heterocycles. The van der Waals surface area contributed by atoms with Crippen LogP contribution in [0.1, 0.15) is 12.8 Å². The molecule has 0 aromatic heterocycles. The molecule has 1 fully saturated rings. The Labute approximate surface area is 143 Å². The van der Waals surface area contributed by atoms with E-state index in [9.17, 15) is 5.11 Å². The van der Waals surface area contributed by atoms with Crippen LogP contribution in [0, 0.1) is 0 Å². The second kappa shape index (κ2) is 8.83. The molecule has 0 saturated carbocycles. The molecule has 3 rings (SSSR count). The summed E-state index contributed by atoms with van der Waals surface area (Å²) in [5, 5.41) is 13.2. The maximum Gasteiger partial charge on any atom is 0.119 e. The van der Waals surface area contributed by atoms with Crippen LogP contribution in [0.2, 0.25) is 0 Å². The first kappa shape index (κ1) is 17.0. The summed E-state index contributed by atoms with van der Waals surface area (Å²) < 4.78 is 11.2. The Morgan fingerprint density at radius 3 is 2.54 bits per heavy atom. The second-order valence-electron chi connectivity index (χ2n) is 6.15. The van der Waals surface area contributed by atoms with E-state index in [0.717, 1.165) is 37.3 Å². The quantitative estimate of drug-likeness (QED) is 0.783. The Bertz CT molecular complexity index is 594. The highest BCUT2D eigenvalue weighted by Gasteiger charge is 2.15.